The van der Waals surface area contributed by atoms with Crippen LogP contribution in [0.5, 0.6) is 5.75 Å². The quantitative estimate of drug-likeness (QED) is 0.222. The third-order valence-corrected chi connectivity index (χ3v) is 8.70. The molecule has 7 nitrogen and oxygen atoms in total. The first-order chi connectivity index (χ1) is 18.0. The predicted molar refractivity (Wildman–Crippen MR) is 149 cm³/mol. The number of aromatic nitrogens is 3. The second kappa shape index (κ2) is 11.6. The smallest absolute Gasteiger partial charge is 0.303 e. The molecule has 0 radical (unpaired) electrons. The van der Waals surface area contributed by atoms with Gasteiger partial charge in [0.15, 0.2) is 0 Å². The molecular weight excluding hydrogens is 508 g/mol. The van der Waals surface area contributed by atoms with E-state index >= 15 is 0 Å². The van der Waals surface area contributed by atoms with Crippen molar-refractivity contribution in [2.24, 2.45) is 11.8 Å². The fourth-order valence-corrected chi connectivity index (χ4v) is 6.63. The molecule has 0 bridgehead atoms. The van der Waals surface area contributed by atoms with Crippen molar-refractivity contribution in [2.45, 2.75) is 57.9 Å². The molecule has 4 aromatic rings. The molecule has 3 heterocycles. The van der Waals surface area contributed by atoms with Gasteiger partial charge < -0.3 is 15.2 Å². The second-order valence-electron chi connectivity index (χ2n) is 9.82. The molecule has 37 heavy (non-hydrogen) atoms. The van der Waals surface area contributed by atoms with Gasteiger partial charge >= 0.3 is 5.97 Å². The Hall–Kier alpha value is -2.97. The summed E-state index contributed by atoms with van der Waals surface area (Å²) >= 11 is 7.99. The van der Waals surface area contributed by atoms with E-state index < -0.39 is 5.97 Å². The van der Waals surface area contributed by atoms with Gasteiger partial charge in [0.25, 0.3) is 0 Å². The van der Waals surface area contributed by atoms with E-state index in [0.717, 1.165) is 82.5 Å². The van der Waals surface area contributed by atoms with Crippen LogP contribution in [0.3, 0.4) is 0 Å². The van der Waals surface area contributed by atoms with Crippen LogP contribution in [-0.4, -0.2) is 33.1 Å². The molecular formula is C28H31ClN4O3S. The topological polar surface area (TPSA) is 97.2 Å². The van der Waals surface area contributed by atoms with Gasteiger partial charge in [-0.25, -0.2) is 9.97 Å². The van der Waals surface area contributed by atoms with Gasteiger partial charge in [-0.05, 0) is 48.4 Å². The number of aryl methyl sites for hydroxylation is 1. The third-order valence-electron chi connectivity index (χ3n) is 7.37. The number of benzene rings is 1. The fraction of sp³-hybridized carbons (Fsp3) is 0.429. The molecule has 0 aliphatic heterocycles. The standard InChI is InChI=1S/C28H31ClN4O3S/c1-36-22-9-6-19(14-21(22)29)15-31-27-26-20-12-13-30-16-23(20)37-28(26)33-24(32-27)10-7-17-2-4-18(5-3-17)8-11-25(34)35/h6,9,12-14,16-18H,2-5,7-8,10-11,15H2,1H3,(H,34,35)(H,31,32,33). The van der Waals surface area contributed by atoms with Crippen molar-refractivity contribution in [1.82, 2.24) is 15.0 Å². The van der Waals surface area contributed by atoms with E-state index in [1.807, 2.05) is 36.7 Å². The average Bonchev–Trinajstić information content (AvgIpc) is 3.28. The van der Waals surface area contributed by atoms with Crippen molar-refractivity contribution < 1.29 is 14.6 Å². The van der Waals surface area contributed by atoms with Crippen LogP contribution in [0.1, 0.15) is 56.3 Å². The van der Waals surface area contributed by atoms with Crippen LogP contribution < -0.4 is 10.1 Å². The molecule has 1 aromatic carbocycles. The van der Waals surface area contributed by atoms with Gasteiger partial charge in [0.05, 0.1) is 22.2 Å². The van der Waals surface area contributed by atoms with Gasteiger partial charge in [0.1, 0.15) is 22.2 Å². The van der Waals surface area contributed by atoms with E-state index in [2.05, 4.69) is 10.3 Å². The highest BCUT2D eigenvalue weighted by molar-refractivity contribution is 7.25. The van der Waals surface area contributed by atoms with E-state index in [9.17, 15) is 4.79 Å². The largest absolute Gasteiger partial charge is 0.495 e. The Kier molecular flexibility index (Phi) is 8.05. The lowest BCUT2D eigenvalue weighted by atomic mass is 9.78. The number of hydrogen-bond acceptors (Lipinski definition) is 7. The van der Waals surface area contributed by atoms with Gasteiger partial charge in [-0.3, -0.25) is 9.78 Å². The van der Waals surface area contributed by atoms with Gasteiger partial charge in [-0.15, -0.1) is 11.3 Å². The summed E-state index contributed by atoms with van der Waals surface area (Å²) in [5, 5.41) is 15.2. The number of nitrogens with one attached hydrogen (secondary N) is 1. The normalized spacial score (nSPS) is 17.8. The molecule has 1 aliphatic rings. The number of hydrogen-bond donors (Lipinski definition) is 2. The summed E-state index contributed by atoms with van der Waals surface area (Å²) in [6, 6.07) is 7.81. The number of carboxylic acids is 1. The Morgan fingerprint density at radius 2 is 1.95 bits per heavy atom. The number of pyridine rings is 1. The monoisotopic (exact) mass is 538 g/mol. The number of carboxylic acid groups (broad SMARTS) is 1. The molecule has 1 fully saturated rings. The van der Waals surface area contributed by atoms with Crippen molar-refractivity contribution in [3.05, 3.63) is 53.1 Å². The lowest BCUT2D eigenvalue weighted by molar-refractivity contribution is -0.137. The van der Waals surface area contributed by atoms with E-state index in [0.29, 0.717) is 29.2 Å². The van der Waals surface area contributed by atoms with Gasteiger partial charge in [0.2, 0.25) is 0 Å². The van der Waals surface area contributed by atoms with Crippen molar-refractivity contribution in [2.75, 3.05) is 12.4 Å². The van der Waals surface area contributed by atoms with Gasteiger partial charge in [-0.2, -0.15) is 0 Å². The highest BCUT2D eigenvalue weighted by atomic mass is 35.5. The minimum atomic E-state index is -0.689. The van der Waals surface area contributed by atoms with Crippen LogP contribution in [0.2, 0.25) is 5.02 Å². The molecule has 0 saturated heterocycles. The van der Waals surface area contributed by atoms with Crippen molar-refractivity contribution in [3.63, 3.8) is 0 Å². The van der Waals surface area contributed by atoms with E-state index in [1.54, 1.807) is 18.4 Å². The van der Waals surface area contributed by atoms with Crippen LogP contribution in [0.4, 0.5) is 5.82 Å². The highest BCUT2D eigenvalue weighted by Gasteiger charge is 2.22. The maximum atomic E-state index is 10.9. The number of rotatable bonds is 10. The zero-order chi connectivity index (χ0) is 25.8. The summed E-state index contributed by atoms with van der Waals surface area (Å²) in [6.45, 7) is 0.581. The van der Waals surface area contributed by atoms with E-state index in [4.69, 9.17) is 31.4 Å². The molecule has 3 aromatic heterocycles. The molecule has 9 heteroatoms. The van der Waals surface area contributed by atoms with Crippen molar-refractivity contribution in [3.8, 4) is 5.75 Å². The number of thiophene rings is 1. The Bertz CT molecular complexity index is 1400. The third kappa shape index (κ3) is 6.13. The highest BCUT2D eigenvalue weighted by Crippen LogP contribution is 2.37. The summed E-state index contributed by atoms with van der Waals surface area (Å²) in [7, 11) is 1.61. The molecule has 0 unspecified atom stereocenters. The van der Waals surface area contributed by atoms with E-state index in [1.165, 1.54) is 0 Å². The molecule has 194 valence electrons. The molecule has 2 N–H and O–H groups in total. The Balaban J connectivity index is 1.32. The van der Waals surface area contributed by atoms with Crippen LogP contribution in [0, 0.1) is 11.8 Å². The Morgan fingerprint density at radius 3 is 2.68 bits per heavy atom. The van der Waals surface area contributed by atoms with Crippen LogP contribution in [0.15, 0.2) is 36.7 Å². The molecule has 5 rings (SSSR count). The number of carbonyl (C=O) groups is 1. The van der Waals surface area contributed by atoms with Gasteiger partial charge in [-0.1, -0.05) is 43.4 Å². The van der Waals surface area contributed by atoms with Gasteiger partial charge in [0, 0.05) is 37.2 Å². The minimum Gasteiger partial charge on any atom is -0.495 e. The first-order valence-corrected chi connectivity index (χ1v) is 14.0. The lowest BCUT2D eigenvalue weighted by Gasteiger charge is -2.28. The number of ether oxygens (including phenoxy) is 1. The fourth-order valence-electron chi connectivity index (χ4n) is 5.29. The molecule has 1 aliphatic carbocycles. The van der Waals surface area contributed by atoms with Crippen LogP contribution in [-0.2, 0) is 17.8 Å². The van der Waals surface area contributed by atoms with Crippen LogP contribution >= 0.6 is 22.9 Å². The number of aliphatic carboxylic acids is 1. The first-order valence-electron chi connectivity index (χ1n) is 12.8. The number of halogens is 1. The second-order valence-corrected chi connectivity index (χ2v) is 11.3. The van der Waals surface area contributed by atoms with Crippen molar-refractivity contribution >= 4 is 55.0 Å². The zero-order valence-corrected chi connectivity index (χ0v) is 22.4. The van der Waals surface area contributed by atoms with E-state index in [-0.39, 0.29) is 6.42 Å². The number of fused-ring (bicyclic) bond motifs is 3. The average molecular weight is 539 g/mol. The summed E-state index contributed by atoms with van der Waals surface area (Å²) in [4.78, 5) is 26.1. The maximum Gasteiger partial charge on any atom is 0.303 e. The number of nitrogens with zero attached hydrogens (tertiary/aromatic N) is 3. The summed E-state index contributed by atoms with van der Waals surface area (Å²) in [5.74, 6) is 2.85. The predicted octanol–water partition coefficient (Wildman–Crippen LogP) is 7.12. The zero-order valence-electron chi connectivity index (χ0n) is 20.9. The molecule has 0 atom stereocenters. The molecule has 0 amide bonds. The van der Waals surface area contributed by atoms with Crippen LogP contribution in [0.25, 0.3) is 20.3 Å². The van der Waals surface area contributed by atoms with Crippen molar-refractivity contribution in [1.29, 1.82) is 0 Å². The lowest BCUT2D eigenvalue weighted by Crippen LogP contribution is -2.16. The Morgan fingerprint density at radius 1 is 1.16 bits per heavy atom. The maximum absolute atomic E-state index is 10.9. The summed E-state index contributed by atoms with van der Waals surface area (Å²) in [6.07, 6.45) is 11.2. The SMILES string of the molecule is COc1ccc(CNc2nc(CCC3CCC(CCC(=O)O)CC3)nc3sc4cnccc4c23)cc1Cl. The number of anilines is 1. The number of methoxy groups -OCH3 is 1. The first kappa shape index (κ1) is 25.7. The molecule has 0 spiro atoms. The summed E-state index contributed by atoms with van der Waals surface area (Å²) in [5.41, 5.74) is 1.04. The minimum absolute atomic E-state index is 0.284. The Labute approximate surface area is 225 Å². The summed E-state index contributed by atoms with van der Waals surface area (Å²) < 4.78 is 6.37. The molecule has 1 saturated carbocycles.